The average Bonchev–Trinajstić information content (AvgIpc) is 3.30. The van der Waals surface area contributed by atoms with Crippen LogP contribution in [0.1, 0.15) is 37.3 Å². The lowest BCUT2D eigenvalue weighted by molar-refractivity contribution is -0.118. The Morgan fingerprint density at radius 3 is 2.62 bits per heavy atom. The number of amides is 1. The molecule has 0 bridgehead atoms. The number of aryl methyl sites for hydroxylation is 1. The minimum Gasteiger partial charge on any atom is -0.454 e. The highest BCUT2D eigenvalue weighted by molar-refractivity contribution is 5.95. The monoisotopic (exact) mass is 464 g/mol. The smallest absolute Gasteiger partial charge is 0.330 e. The summed E-state index contributed by atoms with van der Waals surface area (Å²) in [5, 5.41) is 0. The quantitative estimate of drug-likeness (QED) is 0.503. The molecule has 0 fully saturated rings. The van der Waals surface area contributed by atoms with Crippen LogP contribution in [-0.2, 0) is 24.3 Å². The van der Waals surface area contributed by atoms with Crippen LogP contribution in [0.25, 0.3) is 0 Å². The molecule has 1 aliphatic rings. The summed E-state index contributed by atoms with van der Waals surface area (Å²) in [6.07, 6.45) is 2.14. The topological polar surface area (TPSA) is 120 Å². The maximum atomic E-state index is 13.4. The van der Waals surface area contributed by atoms with Crippen LogP contribution in [0.15, 0.2) is 58.1 Å². The van der Waals surface area contributed by atoms with Gasteiger partial charge in [0.15, 0.2) is 17.2 Å². The molecule has 0 atom stereocenters. The maximum absolute atomic E-state index is 13.4. The number of nitrogens with zero attached hydrogens (tertiary/aromatic N) is 2. The van der Waals surface area contributed by atoms with Gasteiger partial charge in [-0.25, -0.2) is 4.79 Å². The van der Waals surface area contributed by atoms with E-state index in [1.54, 1.807) is 0 Å². The number of aromatic amines is 1. The van der Waals surface area contributed by atoms with Crippen molar-refractivity contribution in [2.45, 2.75) is 45.7 Å². The molecule has 0 saturated carbocycles. The van der Waals surface area contributed by atoms with Crippen molar-refractivity contribution in [3.8, 4) is 11.5 Å². The predicted molar refractivity (Wildman–Crippen MR) is 129 cm³/mol. The summed E-state index contributed by atoms with van der Waals surface area (Å²) in [4.78, 5) is 42.4. The van der Waals surface area contributed by atoms with Gasteiger partial charge in [0.1, 0.15) is 5.82 Å². The zero-order valence-electron chi connectivity index (χ0n) is 19.1. The number of benzene rings is 2. The Balaban J connectivity index is 1.65. The normalized spacial score (nSPS) is 12.0. The van der Waals surface area contributed by atoms with Gasteiger partial charge in [-0.1, -0.05) is 49.7 Å². The van der Waals surface area contributed by atoms with Crippen molar-refractivity contribution in [3.63, 3.8) is 0 Å². The van der Waals surface area contributed by atoms with Crippen LogP contribution in [0.5, 0.6) is 11.5 Å². The second-order valence-electron chi connectivity index (χ2n) is 8.15. The third-order valence-electron chi connectivity index (χ3n) is 5.77. The minimum atomic E-state index is -0.678. The Bertz CT molecular complexity index is 1280. The largest absolute Gasteiger partial charge is 0.454 e. The third-order valence-corrected chi connectivity index (χ3v) is 5.77. The van der Waals surface area contributed by atoms with E-state index < -0.39 is 11.2 Å². The van der Waals surface area contributed by atoms with Crippen LogP contribution < -0.4 is 31.4 Å². The fraction of sp³-hybridized carbons (Fsp3) is 0.320. The zero-order valence-corrected chi connectivity index (χ0v) is 19.1. The number of unbranched alkanes of at least 4 members (excludes halogenated alkanes) is 1. The minimum absolute atomic E-state index is 0.00440. The van der Waals surface area contributed by atoms with Crippen molar-refractivity contribution in [2.24, 2.45) is 0 Å². The molecule has 0 unspecified atom stereocenters. The molecule has 3 N–H and O–H groups in total. The van der Waals surface area contributed by atoms with E-state index >= 15 is 0 Å². The van der Waals surface area contributed by atoms with Crippen molar-refractivity contribution in [3.05, 3.63) is 80.5 Å². The van der Waals surface area contributed by atoms with Crippen molar-refractivity contribution < 1.29 is 14.3 Å². The molecular weight excluding hydrogens is 436 g/mol. The highest BCUT2D eigenvalue weighted by Gasteiger charge is 2.24. The first kappa shape index (κ1) is 23.2. The van der Waals surface area contributed by atoms with Gasteiger partial charge >= 0.3 is 5.69 Å². The summed E-state index contributed by atoms with van der Waals surface area (Å²) < 4.78 is 12.1. The Morgan fingerprint density at radius 1 is 1.09 bits per heavy atom. The van der Waals surface area contributed by atoms with E-state index in [2.05, 4.69) is 4.98 Å². The lowest BCUT2D eigenvalue weighted by atomic mass is 10.1. The van der Waals surface area contributed by atoms with Crippen LogP contribution in [0, 0.1) is 0 Å². The number of nitrogens with two attached hydrogens (primary N) is 1. The van der Waals surface area contributed by atoms with E-state index in [0.717, 1.165) is 17.5 Å². The zero-order chi connectivity index (χ0) is 24.1. The number of nitrogens with one attached hydrogen (secondary N) is 1. The van der Waals surface area contributed by atoms with Crippen LogP contribution in [0.3, 0.4) is 0 Å². The van der Waals surface area contributed by atoms with E-state index in [4.69, 9.17) is 15.2 Å². The molecule has 0 radical (unpaired) electrons. The molecule has 2 aromatic carbocycles. The Kier molecular flexibility index (Phi) is 7.01. The Morgan fingerprint density at radius 2 is 1.85 bits per heavy atom. The van der Waals surface area contributed by atoms with Crippen molar-refractivity contribution in [2.75, 3.05) is 17.4 Å². The fourth-order valence-corrected chi connectivity index (χ4v) is 3.92. The van der Waals surface area contributed by atoms with Gasteiger partial charge in [-0.15, -0.1) is 0 Å². The molecule has 0 saturated heterocycles. The van der Waals surface area contributed by atoms with Crippen LogP contribution in [0.4, 0.5) is 11.5 Å². The number of H-pyrrole nitrogens is 1. The van der Waals surface area contributed by atoms with Gasteiger partial charge in [-0.2, -0.15) is 0 Å². The maximum Gasteiger partial charge on any atom is 0.330 e. The molecule has 1 aromatic heterocycles. The van der Waals surface area contributed by atoms with Gasteiger partial charge < -0.3 is 20.1 Å². The van der Waals surface area contributed by atoms with Gasteiger partial charge in [-0.3, -0.25) is 19.1 Å². The highest BCUT2D eigenvalue weighted by atomic mass is 16.7. The number of hydrogen-bond acceptors (Lipinski definition) is 6. The number of hydrogen-bond donors (Lipinski definition) is 2. The molecule has 3 aromatic rings. The molecule has 2 heterocycles. The van der Waals surface area contributed by atoms with Gasteiger partial charge in [0.05, 0.1) is 6.54 Å². The lowest BCUT2D eigenvalue weighted by Gasteiger charge is -2.25. The molecule has 34 heavy (non-hydrogen) atoms. The Labute approximate surface area is 196 Å². The van der Waals surface area contributed by atoms with Crippen molar-refractivity contribution in [1.29, 1.82) is 0 Å². The van der Waals surface area contributed by atoms with Gasteiger partial charge in [0.2, 0.25) is 12.7 Å². The van der Waals surface area contributed by atoms with Crippen molar-refractivity contribution in [1.82, 2.24) is 9.55 Å². The molecule has 9 heteroatoms. The van der Waals surface area contributed by atoms with Gasteiger partial charge in [0, 0.05) is 13.0 Å². The number of aromatic nitrogens is 2. The summed E-state index contributed by atoms with van der Waals surface area (Å²) in [7, 11) is 0. The van der Waals surface area contributed by atoms with Crippen LogP contribution in [0.2, 0.25) is 0 Å². The van der Waals surface area contributed by atoms with E-state index in [1.165, 1.54) is 9.47 Å². The SMILES string of the molecule is CCCCn1c(N)c(N(Cc2ccccc2)C(=O)CCc2ccc3c(c2)OCO3)c(=O)[nH]c1=O. The molecule has 0 spiro atoms. The second-order valence-corrected chi connectivity index (χ2v) is 8.15. The van der Waals surface area contributed by atoms with Gasteiger partial charge in [-0.05, 0) is 36.1 Å². The number of anilines is 2. The lowest BCUT2D eigenvalue weighted by Crippen LogP contribution is -2.41. The second kappa shape index (κ2) is 10.3. The number of rotatable bonds is 9. The standard InChI is InChI=1S/C25H28N4O5/c1-2-3-13-28-23(26)22(24(31)27-25(28)32)29(15-18-7-5-4-6-8-18)21(30)12-10-17-9-11-19-20(14-17)34-16-33-19/h4-9,11,14H,2-3,10,12-13,15-16,26H2,1H3,(H,27,31,32). The summed E-state index contributed by atoms with van der Waals surface area (Å²) >= 11 is 0. The van der Waals surface area contributed by atoms with E-state index in [9.17, 15) is 14.4 Å². The molecule has 178 valence electrons. The number of nitrogen functional groups attached to an aromatic ring is 1. The molecule has 9 nitrogen and oxygen atoms in total. The third kappa shape index (κ3) is 4.98. The predicted octanol–water partition coefficient (Wildman–Crippen LogP) is 2.81. The Hall–Kier alpha value is -4.01. The first-order chi connectivity index (χ1) is 16.5. The van der Waals surface area contributed by atoms with Crippen LogP contribution in [-0.4, -0.2) is 22.3 Å². The molecule has 4 rings (SSSR count). The summed E-state index contributed by atoms with van der Waals surface area (Å²) in [6, 6.07) is 14.9. The van der Waals surface area contributed by atoms with E-state index in [-0.39, 0.29) is 37.2 Å². The number of carbonyl (C=O) groups is 1. The first-order valence-corrected chi connectivity index (χ1v) is 11.3. The fourth-order valence-electron chi connectivity index (χ4n) is 3.92. The summed E-state index contributed by atoms with van der Waals surface area (Å²) in [6.45, 7) is 2.68. The molecule has 0 aliphatic carbocycles. The summed E-state index contributed by atoms with van der Waals surface area (Å²) in [5.41, 5.74) is 6.79. The van der Waals surface area contributed by atoms with E-state index in [1.807, 2.05) is 55.5 Å². The first-order valence-electron chi connectivity index (χ1n) is 11.3. The average molecular weight is 465 g/mol. The molecule has 1 amide bonds. The van der Waals surface area contributed by atoms with Crippen LogP contribution >= 0.6 is 0 Å². The number of ether oxygens (including phenoxy) is 2. The summed E-state index contributed by atoms with van der Waals surface area (Å²) in [5.74, 6) is 1.04. The van der Waals surface area contributed by atoms with E-state index in [0.29, 0.717) is 30.9 Å². The molecule has 1 aliphatic heterocycles. The number of carbonyl (C=O) groups excluding carboxylic acids is 1. The van der Waals surface area contributed by atoms with Gasteiger partial charge in [0.25, 0.3) is 5.56 Å². The number of fused-ring (bicyclic) bond motifs is 1. The molecular formula is C25H28N4O5. The van der Waals surface area contributed by atoms with Crippen molar-refractivity contribution >= 4 is 17.4 Å². The highest BCUT2D eigenvalue weighted by Crippen LogP contribution is 2.33.